The Morgan fingerprint density at radius 2 is 1.85 bits per heavy atom. The second-order valence-electron chi connectivity index (χ2n) is 9.53. The molecule has 8 heteroatoms. The van der Waals surface area contributed by atoms with Gasteiger partial charge in [-0.05, 0) is 58.2 Å². The van der Waals surface area contributed by atoms with E-state index in [9.17, 15) is 18.9 Å². The highest BCUT2D eigenvalue weighted by atomic mass is 31.1. The monoisotopic (exact) mass is 478 g/mol. The average molecular weight is 479 g/mol. The van der Waals surface area contributed by atoms with Crippen molar-refractivity contribution in [3.8, 4) is 11.1 Å². The molecule has 0 saturated heterocycles. The van der Waals surface area contributed by atoms with Gasteiger partial charge in [0.05, 0.1) is 6.42 Å². The van der Waals surface area contributed by atoms with Gasteiger partial charge in [-0.15, -0.1) is 4.52 Å². The molecular weight excluding hydrogens is 444 g/mol. The molecule has 1 heterocycles. The van der Waals surface area contributed by atoms with Gasteiger partial charge in [-0.3, -0.25) is 9.78 Å². The van der Waals surface area contributed by atoms with Crippen molar-refractivity contribution in [1.82, 2.24) is 4.98 Å². The lowest BCUT2D eigenvalue weighted by molar-refractivity contribution is -0.138. The van der Waals surface area contributed by atoms with E-state index in [0.717, 1.165) is 28.1 Å². The maximum absolute atomic E-state index is 13.6. The third kappa shape index (κ3) is 8.26. The Kier molecular flexibility index (Phi) is 9.65. The van der Waals surface area contributed by atoms with Crippen LogP contribution in [0.25, 0.3) is 11.1 Å². The number of aliphatic hydroxyl groups excluding tert-OH is 1. The molecule has 0 spiro atoms. The summed E-state index contributed by atoms with van der Waals surface area (Å²) in [7, 11) is -2.15. The highest BCUT2D eigenvalue weighted by Crippen LogP contribution is 2.35. The third-order valence-electron chi connectivity index (χ3n) is 5.20. The number of benzene rings is 1. The van der Waals surface area contributed by atoms with Crippen LogP contribution >= 0.6 is 8.03 Å². The lowest BCUT2D eigenvalue weighted by Crippen LogP contribution is -2.17. The lowest BCUT2D eigenvalue weighted by atomic mass is 9.85. The Hall–Kier alpha value is -2.21. The number of hydrogen-bond donors (Lipinski definition) is 2. The van der Waals surface area contributed by atoms with Gasteiger partial charge >= 0.3 is 14.0 Å². The van der Waals surface area contributed by atoms with E-state index in [2.05, 4.69) is 40.7 Å². The van der Waals surface area contributed by atoms with E-state index in [0.29, 0.717) is 12.8 Å². The highest BCUT2D eigenvalue weighted by Gasteiger charge is 2.26. The van der Waals surface area contributed by atoms with Gasteiger partial charge in [0.2, 0.25) is 6.16 Å². The zero-order valence-corrected chi connectivity index (χ0v) is 20.9. The maximum Gasteiger partial charge on any atom is 0.510 e. The average Bonchev–Trinajstić information content (AvgIpc) is 2.69. The number of nitrogens with zero attached hydrogens (tertiary/aromatic N) is 1. The van der Waals surface area contributed by atoms with E-state index in [1.807, 2.05) is 0 Å². The molecule has 180 valence electrons. The molecule has 6 nitrogen and oxygen atoms in total. The zero-order valence-electron chi connectivity index (χ0n) is 20.0. The van der Waals surface area contributed by atoms with Gasteiger partial charge in [-0.1, -0.05) is 46.8 Å². The fraction of sp³-hybridized carbons (Fsp3) is 0.520. The van der Waals surface area contributed by atoms with E-state index in [1.54, 1.807) is 12.1 Å². The van der Waals surface area contributed by atoms with Gasteiger partial charge in [0.1, 0.15) is 18.5 Å². The number of carboxylic acid groups (broad SMARTS) is 1. The summed E-state index contributed by atoms with van der Waals surface area (Å²) in [5, 5.41) is 18.3. The van der Waals surface area contributed by atoms with Crippen molar-refractivity contribution in [1.29, 1.82) is 0 Å². The van der Waals surface area contributed by atoms with Crippen molar-refractivity contribution in [2.24, 2.45) is 0 Å². The molecule has 1 aromatic heterocycles. The van der Waals surface area contributed by atoms with Crippen LogP contribution in [0.1, 0.15) is 70.3 Å². The SMILES string of the molecule is CC(C)c1nc(C(C)(C)C)cc(-c2ccc(F)cc2)c1CCCO[P+](=O)CC(O)CC(=O)O. The van der Waals surface area contributed by atoms with Crippen molar-refractivity contribution >= 4 is 14.0 Å². The van der Waals surface area contributed by atoms with Crippen LogP contribution in [0.4, 0.5) is 4.39 Å². The Bertz CT molecular complexity index is 970. The van der Waals surface area contributed by atoms with Crippen molar-refractivity contribution in [3.63, 3.8) is 0 Å². The van der Waals surface area contributed by atoms with Crippen molar-refractivity contribution < 1.29 is 28.5 Å². The van der Waals surface area contributed by atoms with Gasteiger partial charge in [0, 0.05) is 16.8 Å². The number of rotatable bonds is 11. The predicted molar refractivity (Wildman–Crippen MR) is 127 cm³/mol. The largest absolute Gasteiger partial charge is 0.510 e. The summed E-state index contributed by atoms with van der Waals surface area (Å²) in [5.41, 5.74) is 4.73. The number of aromatic nitrogens is 1. The topological polar surface area (TPSA) is 96.7 Å². The molecule has 0 aliphatic rings. The molecular formula is C25H34FNO5P+. The van der Waals surface area contributed by atoms with E-state index in [-0.39, 0.29) is 29.9 Å². The van der Waals surface area contributed by atoms with Crippen LogP contribution in [-0.2, 0) is 25.7 Å². The molecule has 0 amide bonds. The highest BCUT2D eigenvalue weighted by molar-refractivity contribution is 7.39. The van der Waals surface area contributed by atoms with E-state index in [1.165, 1.54) is 12.1 Å². The Morgan fingerprint density at radius 1 is 1.21 bits per heavy atom. The normalized spacial score (nSPS) is 13.3. The van der Waals surface area contributed by atoms with Crippen LogP contribution in [-0.4, -0.2) is 40.0 Å². The second kappa shape index (κ2) is 11.8. The molecule has 0 fully saturated rings. The summed E-state index contributed by atoms with van der Waals surface area (Å²) in [6, 6.07) is 8.49. The van der Waals surface area contributed by atoms with E-state index >= 15 is 0 Å². The molecule has 2 rings (SSSR count). The quantitative estimate of drug-likeness (QED) is 0.311. The summed E-state index contributed by atoms with van der Waals surface area (Å²) < 4.78 is 30.9. The molecule has 0 bridgehead atoms. The first-order chi connectivity index (χ1) is 15.4. The van der Waals surface area contributed by atoms with E-state index < -0.39 is 26.5 Å². The van der Waals surface area contributed by atoms with Crippen molar-refractivity contribution in [3.05, 3.63) is 53.1 Å². The summed E-state index contributed by atoms with van der Waals surface area (Å²) in [4.78, 5) is 15.6. The first kappa shape index (κ1) is 27.0. The molecule has 33 heavy (non-hydrogen) atoms. The minimum Gasteiger partial charge on any atom is -0.481 e. The molecule has 2 aromatic rings. The number of halogens is 1. The Morgan fingerprint density at radius 3 is 2.39 bits per heavy atom. The molecule has 2 unspecified atom stereocenters. The summed E-state index contributed by atoms with van der Waals surface area (Å²) in [6.07, 6.45) is -0.673. The fourth-order valence-electron chi connectivity index (χ4n) is 3.51. The van der Waals surface area contributed by atoms with Crippen LogP contribution in [0.3, 0.4) is 0 Å². The number of aliphatic hydroxyl groups is 1. The number of aliphatic carboxylic acids is 1. The number of hydrogen-bond acceptors (Lipinski definition) is 5. The Labute approximate surface area is 196 Å². The summed E-state index contributed by atoms with van der Waals surface area (Å²) in [6.45, 7) is 10.7. The van der Waals surface area contributed by atoms with Gasteiger partial charge in [-0.25, -0.2) is 4.39 Å². The maximum atomic E-state index is 13.6. The first-order valence-corrected chi connectivity index (χ1v) is 12.5. The zero-order chi connectivity index (χ0) is 24.8. The van der Waals surface area contributed by atoms with Gasteiger partial charge in [-0.2, -0.15) is 0 Å². The molecule has 0 aliphatic heterocycles. The molecule has 2 N–H and O–H groups in total. The van der Waals surface area contributed by atoms with Gasteiger partial charge in [0.15, 0.2) is 0 Å². The molecule has 0 radical (unpaired) electrons. The van der Waals surface area contributed by atoms with Gasteiger partial charge < -0.3 is 10.2 Å². The standard InChI is InChI=1S/C25H33FNO5P/c1-16(2)24-20(7-6-12-32-33(31)15-19(28)13-23(29)30)21(14-22(27-24)25(3,4)5)17-8-10-18(26)11-9-17/h8-11,14,16,19,28H,6-7,12-13,15H2,1-5H3/p+1. The first-order valence-electron chi connectivity index (χ1n) is 11.2. The van der Waals surface area contributed by atoms with E-state index in [4.69, 9.17) is 14.6 Å². The molecule has 0 aliphatic carbocycles. The van der Waals surface area contributed by atoms with Crippen molar-refractivity contribution in [2.75, 3.05) is 12.8 Å². The summed E-state index contributed by atoms with van der Waals surface area (Å²) in [5.74, 6) is -1.27. The second-order valence-corrected chi connectivity index (χ2v) is 10.8. The summed E-state index contributed by atoms with van der Waals surface area (Å²) >= 11 is 0. The molecule has 0 saturated carbocycles. The van der Waals surface area contributed by atoms with Crippen LogP contribution in [0.2, 0.25) is 0 Å². The third-order valence-corrected chi connectivity index (χ3v) is 6.39. The minimum absolute atomic E-state index is 0.157. The minimum atomic E-state index is -2.15. The number of pyridine rings is 1. The van der Waals surface area contributed by atoms with Crippen LogP contribution in [0, 0.1) is 5.82 Å². The van der Waals surface area contributed by atoms with Crippen LogP contribution < -0.4 is 0 Å². The molecule has 2 atom stereocenters. The number of carbonyl (C=O) groups is 1. The smallest absolute Gasteiger partial charge is 0.481 e. The van der Waals surface area contributed by atoms with Crippen LogP contribution in [0.15, 0.2) is 30.3 Å². The van der Waals surface area contributed by atoms with Crippen LogP contribution in [0.5, 0.6) is 0 Å². The predicted octanol–water partition coefficient (Wildman–Crippen LogP) is 5.84. The Balaban J connectivity index is 2.24. The number of carboxylic acids is 1. The van der Waals surface area contributed by atoms with Crippen molar-refractivity contribution in [2.45, 2.75) is 71.3 Å². The fourth-order valence-corrected chi connectivity index (χ4v) is 4.42. The molecule has 1 aromatic carbocycles. The van der Waals surface area contributed by atoms with Gasteiger partial charge in [0.25, 0.3) is 0 Å². The lowest BCUT2D eigenvalue weighted by Gasteiger charge is -2.24.